The van der Waals surface area contributed by atoms with Crippen molar-refractivity contribution in [2.45, 2.75) is 19.4 Å². The molecule has 4 heteroatoms. The Morgan fingerprint density at radius 3 is 2.85 bits per heavy atom. The van der Waals surface area contributed by atoms with Gasteiger partial charge < -0.3 is 14.3 Å². The zero-order valence-electron chi connectivity index (χ0n) is 7.61. The first-order chi connectivity index (χ1) is 6.13. The molecule has 1 aromatic rings. The van der Waals surface area contributed by atoms with Gasteiger partial charge in [0.15, 0.2) is 6.10 Å². The average Bonchev–Trinajstić information content (AvgIpc) is 2.49. The van der Waals surface area contributed by atoms with E-state index in [-0.39, 0.29) is 6.42 Å². The van der Waals surface area contributed by atoms with Gasteiger partial charge in [0.2, 0.25) is 0 Å². The minimum atomic E-state index is -1.14. The normalized spacial score (nSPS) is 12.5. The summed E-state index contributed by atoms with van der Waals surface area (Å²) in [5.74, 6) is 0.691. The molecule has 0 aliphatic carbocycles. The monoisotopic (exact) mass is 184 g/mol. The Bertz CT molecular complexity index is 290. The molecule has 0 saturated heterocycles. The first-order valence-electron chi connectivity index (χ1n) is 3.94. The van der Waals surface area contributed by atoms with Crippen LogP contribution in [0.3, 0.4) is 0 Å². The molecular formula is C9H12O4. The summed E-state index contributed by atoms with van der Waals surface area (Å²) in [6.45, 7) is 1.80. The van der Waals surface area contributed by atoms with Crippen molar-refractivity contribution < 1.29 is 19.1 Å². The number of aryl methyl sites for hydroxylation is 1. The predicted molar refractivity (Wildman–Crippen MR) is 45.2 cm³/mol. The van der Waals surface area contributed by atoms with Crippen LogP contribution >= 0.6 is 0 Å². The van der Waals surface area contributed by atoms with E-state index in [9.17, 15) is 9.90 Å². The highest BCUT2D eigenvalue weighted by atomic mass is 16.5. The molecule has 0 aliphatic heterocycles. The third-order valence-corrected chi connectivity index (χ3v) is 1.66. The summed E-state index contributed by atoms with van der Waals surface area (Å²) in [6.07, 6.45) is -0.990. The SMILES string of the molecule is COC(=O)C(O)Cc1ccc(C)o1. The number of ether oxygens (including phenoxy) is 1. The summed E-state index contributed by atoms with van der Waals surface area (Å²) in [5.41, 5.74) is 0. The average molecular weight is 184 g/mol. The lowest BCUT2D eigenvalue weighted by Crippen LogP contribution is -2.23. The van der Waals surface area contributed by atoms with Crippen molar-refractivity contribution >= 4 is 5.97 Å². The number of hydrogen-bond donors (Lipinski definition) is 1. The van der Waals surface area contributed by atoms with Crippen LogP contribution < -0.4 is 0 Å². The van der Waals surface area contributed by atoms with E-state index in [1.165, 1.54) is 7.11 Å². The third kappa shape index (κ3) is 2.59. The Morgan fingerprint density at radius 2 is 2.38 bits per heavy atom. The quantitative estimate of drug-likeness (QED) is 0.701. The number of carbonyl (C=O) groups is 1. The number of furan rings is 1. The van der Waals surface area contributed by atoms with Gasteiger partial charge >= 0.3 is 5.97 Å². The molecule has 13 heavy (non-hydrogen) atoms. The lowest BCUT2D eigenvalue weighted by atomic mass is 10.2. The highest BCUT2D eigenvalue weighted by molar-refractivity contribution is 5.74. The van der Waals surface area contributed by atoms with Crippen molar-refractivity contribution in [3.63, 3.8) is 0 Å². The zero-order valence-corrected chi connectivity index (χ0v) is 7.61. The number of rotatable bonds is 3. The molecule has 0 aliphatic rings. The summed E-state index contributed by atoms with van der Waals surface area (Å²) in [4.78, 5) is 10.8. The molecule has 0 spiro atoms. The molecule has 0 saturated carbocycles. The summed E-state index contributed by atoms with van der Waals surface area (Å²) in [6, 6.07) is 3.50. The maximum atomic E-state index is 10.8. The fourth-order valence-corrected chi connectivity index (χ4v) is 1.00. The molecule has 1 N–H and O–H groups in total. The predicted octanol–water partition coefficient (Wildman–Crippen LogP) is 0.664. The molecule has 0 radical (unpaired) electrons. The summed E-state index contributed by atoms with van der Waals surface area (Å²) >= 11 is 0. The van der Waals surface area contributed by atoms with Crippen molar-refractivity contribution in [3.8, 4) is 0 Å². The first-order valence-corrected chi connectivity index (χ1v) is 3.94. The van der Waals surface area contributed by atoms with Gasteiger partial charge in [-0.05, 0) is 19.1 Å². The van der Waals surface area contributed by atoms with Crippen LogP contribution in [0.25, 0.3) is 0 Å². The van der Waals surface area contributed by atoms with Gasteiger partial charge in [0.05, 0.1) is 7.11 Å². The molecular weight excluding hydrogens is 172 g/mol. The van der Waals surface area contributed by atoms with E-state index in [0.29, 0.717) is 5.76 Å². The fraction of sp³-hybridized carbons (Fsp3) is 0.444. The lowest BCUT2D eigenvalue weighted by molar-refractivity contribution is -0.150. The summed E-state index contributed by atoms with van der Waals surface area (Å²) < 4.78 is 9.54. The summed E-state index contributed by atoms with van der Waals surface area (Å²) in [5, 5.41) is 9.25. The Kier molecular flexibility index (Phi) is 3.08. The largest absolute Gasteiger partial charge is 0.467 e. The standard InChI is InChI=1S/C9H12O4/c1-6-3-4-7(13-6)5-8(10)9(11)12-2/h3-4,8,10H,5H2,1-2H3. The number of carbonyl (C=O) groups excluding carboxylic acids is 1. The Hall–Kier alpha value is -1.29. The Morgan fingerprint density at radius 1 is 1.69 bits per heavy atom. The lowest BCUT2D eigenvalue weighted by Gasteiger charge is -2.05. The number of methoxy groups -OCH3 is 1. The second-order valence-electron chi connectivity index (χ2n) is 2.76. The first kappa shape index (κ1) is 9.80. The van der Waals surface area contributed by atoms with E-state index < -0.39 is 12.1 Å². The van der Waals surface area contributed by atoms with Gasteiger partial charge in [0.1, 0.15) is 11.5 Å². The maximum Gasteiger partial charge on any atom is 0.335 e. The van der Waals surface area contributed by atoms with Gasteiger partial charge in [0, 0.05) is 6.42 Å². The van der Waals surface area contributed by atoms with Crippen molar-refractivity contribution in [2.24, 2.45) is 0 Å². The molecule has 1 heterocycles. The fourth-order valence-electron chi connectivity index (χ4n) is 1.00. The van der Waals surface area contributed by atoms with Crippen LogP contribution in [0.4, 0.5) is 0 Å². The van der Waals surface area contributed by atoms with Crippen molar-refractivity contribution in [3.05, 3.63) is 23.7 Å². The van der Waals surface area contributed by atoms with Crippen LogP contribution in [0.15, 0.2) is 16.5 Å². The second-order valence-corrected chi connectivity index (χ2v) is 2.76. The molecule has 72 valence electrons. The van der Waals surface area contributed by atoms with E-state index in [4.69, 9.17) is 4.42 Å². The van der Waals surface area contributed by atoms with Gasteiger partial charge in [-0.15, -0.1) is 0 Å². The molecule has 4 nitrogen and oxygen atoms in total. The molecule has 1 atom stereocenters. The zero-order chi connectivity index (χ0) is 9.84. The minimum absolute atomic E-state index is 0.153. The van der Waals surface area contributed by atoms with Crippen LogP contribution in [-0.2, 0) is 16.0 Å². The maximum absolute atomic E-state index is 10.8. The number of aliphatic hydroxyl groups excluding tert-OH is 1. The number of hydrogen-bond acceptors (Lipinski definition) is 4. The van der Waals surface area contributed by atoms with E-state index in [2.05, 4.69) is 4.74 Å². The topological polar surface area (TPSA) is 59.7 Å². The van der Waals surface area contributed by atoms with E-state index >= 15 is 0 Å². The van der Waals surface area contributed by atoms with Crippen LogP contribution in [0.2, 0.25) is 0 Å². The highest BCUT2D eigenvalue weighted by Crippen LogP contribution is 2.09. The van der Waals surface area contributed by atoms with Crippen LogP contribution in [0, 0.1) is 6.92 Å². The number of aliphatic hydroxyl groups is 1. The van der Waals surface area contributed by atoms with Crippen LogP contribution in [-0.4, -0.2) is 24.3 Å². The van der Waals surface area contributed by atoms with E-state index in [1.54, 1.807) is 19.1 Å². The van der Waals surface area contributed by atoms with Crippen LogP contribution in [0.5, 0.6) is 0 Å². The van der Waals surface area contributed by atoms with Gasteiger partial charge in [-0.2, -0.15) is 0 Å². The molecule has 1 aromatic heterocycles. The third-order valence-electron chi connectivity index (χ3n) is 1.66. The highest BCUT2D eigenvalue weighted by Gasteiger charge is 2.17. The van der Waals surface area contributed by atoms with Crippen molar-refractivity contribution in [1.29, 1.82) is 0 Å². The van der Waals surface area contributed by atoms with Gasteiger partial charge in [-0.3, -0.25) is 0 Å². The van der Waals surface area contributed by atoms with E-state index in [0.717, 1.165) is 5.76 Å². The van der Waals surface area contributed by atoms with Gasteiger partial charge in [0.25, 0.3) is 0 Å². The molecule has 0 bridgehead atoms. The molecule has 0 amide bonds. The van der Waals surface area contributed by atoms with Crippen molar-refractivity contribution in [2.75, 3.05) is 7.11 Å². The molecule has 0 fully saturated rings. The van der Waals surface area contributed by atoms with Crippen molar-refractivity contribution in [1.82, 2.24) is 0 Å². The molecule has 0 aromatic carbocycles. The number of esters is 1. The smallest absolute Gasteiger partial charge is 0.335 e. The minimum Gasteiger partial charge on any atom is -0.467 e. The van der Waals surface area contributed by atoms with Crippen LogP contribution in [0.1, 0.15) is 11.5 Å². The second kappa shape index (κ2) is 4.09. The van der Waals surface area contributed by atoms with Gasteiger partial charge in [-0.25, -0.2) is 4.79 Å². The molecule has 1 unspecified atom stereocenters. The van der Waals surface area contributed by atoms with Gasteiger partial charge in [-0.1, -0.05) is 0 Å². The Labute approximate surface area is 76.1 Å². The molecule has 1 rings (SSSR count). The Balaban J connectivity index is 2.54. The van der Waals surface area contributed by atoms with E-state index in [1.807, 2.05) is 0 Å². The summed E-state index contributed by atoms with van der Waals surface area (Å²) in [7, 11) is 1.24.